The molecule has 0 aliphatic rings. The molecule has 0 saturated carbocycles. The monoisotopic (exact) mass is 243 g/mol. The van der Waals surface area contributed by atoms with Gasteiger partial charge in [-0.15, -0.1) is 0 Å². The molecule has 0 N–H and O–H groups in total. The van der Waals surface area contributed by atoms with Crippen molar-refractivity contribution < 1.29 is 17.9 Å². The molecule has 0 radical (unpaired) electrons. The molecule has 17 heavy (non-hydrogen) atoms. The molecule has 0 amide bonds. The van der Waals surface area contributed by atoms with Crippen LogP contribution in [0.5, 0.6) is 5.75 Å². The Morgan fingerprint density at radius 3 is 2.24 bits per heavy atom. The first-order chi connectivity index (χ1) is 7.86. The summed E-state index contributed by atoms with van der Waals surface area (Å²) < 4.78 is 42.1. The minimum Gasteiger partial charge on any atom is -0.491 e. The lowest BCUT2D eigenvalue weighted by molar-refractivity contribution is -0.165. The van der Waals surface area contributed by atoms with E-state index in [1.54, 1.807) is 32.0 Å². The Bertz CT molecular complexity index is 414. The Hall–Kier alpha value is -1.70. The minimum atomic E-state index is -4.55. The van der Waals surface area contributed by atoms with Gasteiger partial charge in [0.15, 0.2) is 5.92 Å². The number of rotatable bonds is 3. The number of nitriles is 1. The van der Waals surface area contributed by atoms with E-state index in [1.165, 1.54) is 6.07 Å². The van der Waals surface area contributed by atoms with Gasteiger partial charge in [0.1, 0.15) is 12.4 Å². The van der Waals surface area contributed by atoms with Crippen molar-refractivity contribution in [3.8, 4) is 11.8 Å². The van der Waals surface area contributed by atoms with Crippen LogP contribution in [-0.4, -0.2) is 12.8 Å². The van der Waals surface area contributed by atoms with Gasteiger partial charge in [0.2, 0.25) is 0 Å². The zero-order chi connectivity index (χ0) is 13.1. The fourth-order valence-corrected chi connectivity index (χ4v) is 1.40. The third-order valence-electron chi connectivity index (χ3n) is 2.35. The molecule has 1 aromatic rings. The fourth-order valence-electron chi connectivity index (χ4n) is 1.40. The van der Waals surface area contributed by atoms with Crippen LogP contribution in [0.2, 0.25) is 0 Å². The summed E-state index contributed by atoms with van der Waals surface area (Å²) in [5.41, 5.74) is 1.51. The predicted octanol–water partition coefficient (Wildman–Crippen LogP) is 3.38. The molecule has 1 unspecified atom stereocenters. The quantitative estimate of drug-likeness (QED) is 0.815. The number of para-hydroxylation sites is 1. The predicted molar refractivity (Wildman–Crippen MR) is 56.6 cm³/mol. The normalized spacial score (nSPS) is 12.9. The van der Waals surface area contributed by atoms with Gasteiger partial charge in [0.05, 0.1) is 6.07 Å². The molecule has 0 heterocycles. The van der Waals surface area contributed by atoms with Crippen molar-refractivity contribution in [3.63, 3.8) is 0 Å². The maximum Gasteiger partial charge on any atom is 0.407 e. The van der Waals surface area contributed by atoms with Gasteiger partial charge in [0, 0.05) is 0 Å². The van der Waals surface area contributed by atoms with Gasteiger partial charge in [-0.25, -0.2) is 0 Å². The molecule has 0 saturated heterocycles. The lowest BCUT2D eigenvalue weighted by Crippen LogP contribution is -2.27. The molecule has 1 atom stereocenters. The average Bonchev–Trinajstić information content (AvgIpc) is 2.20. The molecule has 1 aromatic carbocycles. The van der Waals surface area contributed by atoms with Crippen LogP contribution >= 0.6 is 0 Å². The van der Waals surface area contributed by atoms with Crippen molar-refractivity contribution in [1.29, 1.82) is 5.26 Å². The molecule has 0 spiro atoms. The van der Waals surface area contributed by atoms with Gasteiger partial charge in [-0.1, -0.05) is 18.2 Å². The summed E-state index contributed by atoms with van der Waals surface area (Å²) in [4.78, 5) is 0. The fraction of sp³-hybridized carbons (Fsp3) is 0.417. The van der Waals surface area contributed by atoms with Crippen LogP contribution in [0.3, 0.4) is 0 Å². The largest absolute Gasteiger partial charge is 0.491 e. The van der Waals surface area contributed by atoms with Gasteiger partial charge in [0.25, 0.3) is 0 Å². The maximum atomic E-state index is 12.3. The van der Waals surface area contributed by atoms with Gasteiger partial charge in [-0.3, -0.25) is 0 Å². The number of aryl methyl sites for hydroxylation is 2. The number of alkyl halides is 3. The molecule has 92 valence electrons. The SMILES string of the molecule is Cc1cccc(C)c1OCC(C#N)C(F)(F)F. The van der Waals surface area contributed by atoms with E-state index in [0.29, 0.717) is 5.75 Å². The third kappa shape index (κ3) is 3.38. The van der Waals surface area contributed by atoms with E-state index in [4.69, 9.17) is 10.00 Å². The Morgan fingerprint density at radius 2 is 1.82 bits per heavy atom. The summed E-state index contributed by atoms with van der Waals surface area (Å²) in [6.45, 7) is 2.82. The van der Waals surface area contributed by atoms with Crippen molar-refractivity contribution >= 4 is 0 Å². The number of halogens is 3. The Labute approximate surface area is 97.6 Å². The Balaban J connectivity index is 2.78. The van der Waals surface area contributed by atoms with Crippen LogP contribution in [-0.2, 0) is 0 Å². The Kier molecular flexibility index (Phi) is 4.00. The molecular weight excluding hydrogens is 231 g/mol. The summed E-state index contributed by atoms with van der Waals surface area (Å²) in [5.74, 6) is -1.68. The first kappa shape index (κ1) is 13.4. The van der Waals surface area contributed by atoms with Gasteiger partial charge >= 0.3 is 6.18 Å². The molecule has 0 fully saturated rings. The molecule has 5 heteroatoms. The smallest absolute Gasteiger partial charge is 0.407 e. The average molecular weight is 243 g/mol. The summed E-state index contributed by atoms with van der Waals surface area (Å²) in [6.07, 6.45) is -4.55. The molecule has 0 bridgehead atoms. The first-order valence-corrected chi connectivity index (χ1v) is 5.01. The first-order valence-electron chi connectivity index (χ1n) is 5.01. The second kappa shape index (κ2) is 5.09. The van der Waals surface area contributed by atoms with E-state index in [0.717, 1.165) is 11.1 Å². The van der Waals surface area contributed by atoms with E-state index in [-0.39, 0.29) is 0 Å². The van der Waals surface area contributed by atoms with Crippen LogP contribution in [0.4, 0.5) is 13.2 Å². The van der Waals surface area contributed by atoms with Crippen molar-refractivity contribution in [2.75, 3.05) is 6.61 Å². The molecule has 1 rings (SSSR count). The lowest BCUT2D eigenvalue weighted by atomic mass is 10.1. The standard InChI is InChI=1S/C12H12F3NO/c1-8-4-3-5-9(2)11(8)17-7-10(6-16)12(13,14)15/h3-5,10H,7H2,1-2H3. The minimum absolute atomic E-state index is 0.414. The highest BCUT2D eigenvalue weighted by molar-refractivity contribution is 5.39. The van der Waals surface area contributed by atoms with Gasteiger partial charge < -0.3 is 4.74 Å². The number of hydrogen-bond donors (Lipinski definition) is 0. The van der Waals surface area contributed by atoms with E-state index in [2.05, 4.69) is 0 Å². The zero-order valence-corrected chi connectivity index (χ0v) is 9.51. The summed E-state index contributed by atoms with van der Waals surface area (Å²) in [7, 11) is 0. The van der Waals surface area contributed by atoms with Crippen molar-refractivity contribution in [2.45, 2.75) is 20.0 Å². The highest BCUT2D eigenvalue weighted by Crippen LogP contribution is 2.28. The lowest BCUT2D eigenvalue weighted by Gasteiger charge is -2.16. The maximum absolute atomic E-state index is 12.3. The van der Waals surface area contributed by atoms with Crippen LogP contribution in [0.25, 0.3) is 0 Å². The topological polar surface area (TPSA) is 33.0 Å². The summed E-state index contributed by atoms with van der Waals surface area (Å²) in [6, 6.07) is 6.49. The number of hydrogen-bond acceptors (Lipinski definition) is 2. The van der Waals surface area contributed by atoms with Crippen LogP contribution < -0.4 is 4.74 Å². The van der Waals surface area contributed by atoms with E-state index < -0.39 is 18.7 Å². The van der Waals surface area contributed by atoms with Gasteiger partial charge in [-0.05, 0) is 25.0 Å². The number of nitrogens with zero attached hydrogens (tertiary/aromatic N) is 1. The summed E-state index contributed by atoms with van der Waals surface area (Å²) >= 11 is 0. The van der Waals surface area contributed by atoms with Crippen molar-refractivity contribution in [2.24, 2.45) is 5.92 Å². The Morgan fingerprint density at radius 1 is 1.29 bits per heavy atom. The van der Waals surface area contributed by atoms with Crippen molar-refractivity contribution in [1.82, 2.24) is 0 Å². The van der Waals surface area contributed by atoms with E-state index in [1.807, 2.05) is 0 Å². The van der Waals surface area contributed by atoms with Crippen LogP contribution in [0.15, 0.2) is 18.2 Å². The van der Waals surface area contributed by atoms with Crippen LogP contribution in [0, 0.1) is 31.1 Å². The molecule has 2 nitrogen and oxygen atoms in total. The number of benzene rings is 1. The molecule has 0 aliphatic heterocycles. The highest BCUT2D eigenvalue weighted by Gasteiger charge is 2.40. The third-order valence-corrected chi connectivity index (χ3v) is 2.35. The van der Waals surface area contributed by atoms with E-state index in [9.17, 15) is 13.2 Å². The molecule has 0 aromatic heterocycles. The second-order valence-electron chi connectivity index (χ2n) is 3.76. The summed E-state index contributed by atoms with van der Waals surface area (Å²) in [5, 5.41) is 8.43. The van der Waals surface area contributed by atoms with E-state index >= 15 is 0 Å². The molecular formula is C12H12F3NO. The van der Waals surface area contributed by atoms with Crippen molar-refractivity contribution in [3.05, 3.63) is 29.3 Å². The molecule has 0 aliphatic carbocycles. The van der Waals surface area contributed by atoms with Crippen LogP contribution in [0.1, 0.15) is 11.1 Å². The number of ether oxygens (including phenoxy) is 1. The zero-order valence-electron chi connectivity index (χ0n) is 9.51. The second-order valence-corrected chi connectivity index (χ2v) is 3.76. The highest BCUT2D eigenvalue weighted by atomic mass is 19.4. The van der Waals surface area contributed by atoms with Gasteiger partial charge in [-0.2, -0.15) is 18.4 Å².